The van der Waals surface area contributed by atoms with Crippen LogP contribution in [0.5, 0.6) is 0 Å². The molecule has 1 unspecified atom stereocenters. The highest BCUT2D eigenvalue weighted by Gasteiger charge is 2.30. The SMILES string of the molecule is COC(=O)c1ccc(CN2CCN(C(=O)C3CCCO3)CC2)o1. The molecule has 3 rings (SSSR count). The molecule has 1 aromatic rings. The normalized spacial score (nSPS) is 22.3. The molecule has 0 spiro atoms. The highest BCUT2D eigenvalue weighted by molar-refractivity contribution is 5.86. The standard InChI is InChI=1S/C16H22N2O5/c1-21-16(20)14-5-4-12(23-14)11-17-6-8-18(9-7-17)15(19)13-3-2-10-22-13/h4-5,13H,2-3,6-11H2,1H3. The van der Waals surface area contributed by atoms with Gasteiger partial charge in [0.25, 0.3) is 5.91 Å². The van der Waals surface area contributed by atoms with Gasteiger partial charge in [-0.2, -0.15) is 0 Å². The van der Waals surface area contributed by atoms with Gasteiger partial charge in [-0.15, -0.1) is 0 Å². The summed E-state index contributed by atoms with van der Waals surface area (Å²) < 4.78 is 15.6. The first-order valence-corrected chi connectivity index (χ1v) is 7.97. The topological polar surface area (TPSA) is 72.2 Å². The van der Waals surface area contributed by atoms with E-state index in [2.05, 4.69) is 9.64 Å². The third-order valence-corrected chi connectivity index (χ3v) is 4.32. The van der Waals surface area contributed by atoms with Crippen molar-refractivity contribution < 1.29 is 23.5 Å². The van der Waals surface area contributed by atoms with Crippen molar-refractivity contribution in [2.45, 2.75) is 25.5 Å². The molecule has 23 heavy (non-hydrogen) atoms. The van der Waals surface area contributed by atoms with Gasteiger partial charge in [-0.25, -0.2) is 4.79 Å². The molecule has 1 aromatic heterocycles. The van der Waals surface area contributed by atoms with Crippen LogP contribution in [0.2, 0.25) is 0 Å². The summed E-state index contributed by atoms with van der Waals surface area (Å²) >= 11 is 0. The Balaban J connectivity index is 1.48. The number of hydrogen-bond acceptors (Lipinski definition) is 6. The maximum Gasteiger partial charge on any atom is 0.373 e. The van der Waals surface area contributed by atoms with E-state index in [1.165, 1.54) is 7.11 Å². The molecule has 0 aliphatic carbocycles. The predicted octanol–water partition coefficient (Wildman–Crippen LogP) is 0.889. The van der Waals surface area contributed by atoms with Gasteiger partial charge < -0.3 is 18.8 Å². The number of carbonyl (C=O) groups excluding carboxylic acids is 2. The van der Waals surface area contributed by atoms with Gasteiger partial charge in [0.2, 0.25) is 5.76 Å². The Morgan fingerprint density at radius 2 is 2.04 bits per heavy atom. The number of piperazine rings is 1. The van der Waals surface area contributed by atoms with E-state index in [9.17, 15) is 9.59 Å². The van der Waals surface area contributed by atoms with E-state index >= 15 is 0 Å². The molecule has 1 atom stereocenters. The second-order valence-electron chi connectivity index (χ2n) is 5.86. The predicted molar refractivity (Wildman–Crippen MR) is 80.9 cm³/mol. The Morgan fingerprint density at radius 3 is 2.70 bits per heavy atom. The third kappa shape index (κ3) is 3.73. The molecule has 0 aromatic carbocycles. The molecule has 1 amide bonds. The number of furan rings is 1. The van der Waals surface area contributed by atoms with E-state index in [1.807, 2.05) is 4.90 Å². The fraction of sp³-hybridized carbons (Fsp3) is 0.625. The molecule has 7 nitrogen and oxygen atoms in total. The number of rotatable bonds is 4. The van der Waals surface area contributed by atoms with E-state index in [0.29, 0.717) is 26.2 Å². The van der Waals surface area contributed by atoms with Gasteiger partial charge in [-0.1, -0.05) is 0 Å². The molecule has 3 heterocycles. The smallest absolute Gasteiger partial charge is 0.373 e. The van der Waals surface area contributed by atoms with Crippen LogP contribution in [0.3, 0.4) is 0 Å². The van der Waals surface area contributed by atoms with E-state index in [1.54, 1.807) is 12.1 Å². The molecule has 0 saturated carbocycles. The van der Waals surface area contributed by atoms with E-state index < -0.39 is 5.97 Å². The Labute approximate surface area is 135 Å². The summed E-state index contributed by atoms with van der Waals surface area (Å²) in [6, 6.07) is 3.41. The average molecular weight is 322 g/mol. The Bertz CT molecular complexity index is 557. The van der Waals surface area contributed by atoms with E-state index in [-0.39, 0.29) is 17.8 Å². The zero-order chi connectivity index (χ0) is 16.2. The van der Waals surface area contributed by atoms with Crippen molar-refractivity contribution in [3.05, 3.63) is 23.7 Å². The average Bonchev–Trinajstić information content (AvgIpc) is 3.26. The van der Waals surface area contributed by atoms with Crippen LogP contribution in [0.4, 0.5) is 0 Å². The van der Waals surface area contributed by atoms with Crippen molar-refractivity contribution in [2.24, 2.45) is 0 Å². The first kappa shape index (κ1) is 16.0. The quantitative estimate of drug-likeness (QED) is 0.767. The van der Waals surface area contributed by atoms with Crippen molar-refractivity contribution in [1.29, 1.82) is 0 Å². The Kier molecular flexibility index (Phi) is 4.97. The molecule has 2 saturated heterocycles. The number of amides is 1. The van der Waals surface area contributed by atoms with Crippen LogP contribution in [0.15, 0.2) is 16.5 Å². The number of esters is 1. The third-order valence-electron chi connectivity index (χ3n) is 4.32. The molecule has 0 radical (unpaired) electrons. The van der Waals surface area contributed by atoms with Crippen LogP contribution in [-0.4, -0.2) is 67.7 Å². The first-order chi connectivity index (χ1) is 11.2. The van der Waals surface area contributed by atoms with Crippen molar-refractivity contribution in [3.8, 4) is 0 Å². The highest BCUT2D eigenvalue weighted by atomic mass is 16.5. The Morgan fingerprint density at radius 1 is 1.26 bits per heavy atom. The van der Waals surface area contributed by atoms with Gasteiger partial charge in [0.05, 0.1) is 13.7 Å². The molecule has 2 fully saturated rings. The summed E-state index contributed by atoms with van der Waals surface area (Å²) in [7, 11) is 1.33. The molecule has 126 valence electrons. The largest absolute Gasteiger partial charge is 0.463 e. The van der Waals surface area contributed by atoms with Gasteiger partial charge in [-0.3, -0.25) is 9.69 Å². The number of ether oxygens (including phenoxy) is 2. The van der Waals surface area contributed by atoms with E-state index in [0.717, 1.165) is 31.7 Å². The summed E-state index contributed by atoms with van der Waals surface area (Å²) in [5, 5.41) is 0. The summed E-state index contributed by atoms with van der Waals surface area (Å²) in [6.07, 6.45) is 1.56. The molecular weight excluding hydrogens is 300 g/mol. The van der Waals surface area contributed by atoms with Gasteiger partial charge in [-0.05, 0) is 25.0 Å². The lowest BCUT2D eigenvalue weighted by molar-refractivity contribution is -0.142. The van der Waals surface area contributed by atoms with Crippen molar-refractivity contribution in [1.82, 2.24) is 9.80 Å². The van der Waals surface area contributed by atoms with Crippen LogP contribution in [0.1, 0.15) is 29.2 Å². The monoisotopic (exact) mass is 322 g/mol. The van der Waals surface area contributed by atoms with Crippen LogP contribution in [0, 0.1) is 0 Å². The fourth-order valence-electron chi connectivity index (χ4n) is 3.00. The maximum absolute atomic E-state index is 12.3. The molecular formula is C16H22N2O5. The summed E-state index contributed by atoms with van der Waals surface area (Å²) in [5.41, 5.74) is 0. The number of methoxy groups -OCH3 is 1. The molecule has 7 heteroatoms. The zero-order valence-electron chi connectivity index (χ0n) is 13.3. The summed E-state index contributed by atoms with van der Waals surface area (Å²) in [6.45, 7) is 4.28. The summed E-state index contributed by atoms with van der Waals surface area (Å²) in [4.78, 5) is 27.8. The highest BCUT2D eigenvalue weighted by Crippen LogP contribution is 2.17. The lowest BCUT2D eigenvalue weighted by atomic mass is 10.2. The van der Waals surface area contributed by atoms with Gasteiger partial charge in [0.1, 0.15) is 11.9 Å². The number of carbonyl (C=O) groups is 2. The van der Waals surface area contributed by atoms with E-state index in [4.69, 9.17) is 9.15 Å². The van der Waals surface area contributed by atoms with Crippen LogP contribution in [0.25, 0.3) is 0 Å². The fourth-order valence-corrected chi connectivity index (χ4v) is 3.00. The Hall–Kier alpha value is -1.86. The van der Waals surface area contributed by atoms with Crippen LogP contribution >= 0.6 is 0 Å². The van der Waals surface area contributed by atoms with Crippen molar-refractivity contribution >= 4 is 11.9 Å². The van der Waals surface area contributed by atoms with Crippen molar-refractivity contribution in [2.75, 3.05) is 39.9 Å². The lowest BCUT2D eigenvalue weighted by Crippen LogP contribution is -2.51. The zero-order valence-corrected chi connectivity index (χ0v) is 13.3. The number of nitrogens with zero attached hydrogens (tertiary/aromatic N) is 2. The van der Waals surface area contributed by atoms with Crippen LogP contribution < -0.4 is 0 Å². The van der Waals surface area contributed by atoms with Crippen molar-refractivity contribution in [3.63, 3.8) is 0 Å². The molecule has 0 N–H and O–H groups in total. The van der Waals surface area contributed by atoms with Gasteiger partial charge in [0.15, 0.2) is 0 Å². The maximum atomic E-state index is 12.3. The van der Waals surface area contributed by atoms with Gasteiger partial charge >= 0.3 is 5.97 Å². The van der Waals surface area contributed by atoms with Crippen LogP contribution in [-0.2, 0) is 20.8 Å². The minimum absolute atomic E-state index is 0.119. The minimum Gasteiger partial charge on any atom is -0.463 e. The number of hydrogen-bond donors (Lipinski definition) is 0. The molecule has 2 aliphatic rings. The molecule has 2 aliphatic heterocycles. The molecule has 0 bridgehead atoms. The summed E-state index contributed by atoms with van der Waals surface area (Å²) in [5.74, 6) is 0.593. The second-order valence-corrected chi connectivity index (χ2v) is 5.86. The minimum atomic E-state index is -0.469. The second kappa shape index (κ2) is 7.14. The lowest BCUT2D eigenvalue weighted by Gasteiger charge is -2.35. The van der Waals surface area contributed by atoms with Gasteiger partial charge in [0, 0.05) is 32.8 Å². The first-order valence-electron chi connectivity index (χ1n) is 7.97.